The Labute approximate surface area is 252 Å². The number of aliphatic imine (C=N–C) groups is 1. The third kappa shape index (κ3) is 8.82. The van der Waals surface area contributed by atoms with Crippen LogP contribution in [0.2, 0.25) is 0 Å². The average molecular weight is 661 g/mol. The van der Waals surface area contributed by atoms with Gasteiger partial charge in [0.1, 0.15) is 6.17 Å². The highest BCUT2D eigenvalue weighted by atomic mass is 19.4. The Balaban J connectivity index is 1.48. The zero-order valence-electron chi connectivity index (χ0n) is 23.0. The molecule has 2 atom stereocenters. The quantitative estimate of drug-likeness (QED) is 0.124. The fourth-order valence-corrected chi connectivity index (χ4v) is 4.07. The van der Waals surface area contributed by atoms with E-state index in [1.54, 1.807) is 0 Å². The van der Waals surface area contributed by atoms with Crippen LogP contribution in [0.15, 0.2) is 41.5 Å². The molecule has 3 aromatic rings. The van der Waals surface area contributed by atoms with Gasteiger partial charge in [-0.25, -0.2) is 18.6 Å². The van der Waals surface area contributed by atoms with Gasteiger partial charge in [0.25, 0.3) is 5.91 Å². The number of aromatic amines is 1. The number of nitrogens with zero attached hydrogens (tertiary/aromatic N) is 2. The number of amides is 2. The first-order valence-corrected chi connectivity index (χ1v) is 13.0. The number of carbonyl (C=O) groups excluding carboxylic acids is 4. The van der Waals surface area contributed by atoms with Crippen LogP contribution in [-0.2, 0) is 19.1 Å². The van der Waals surface area contributed by atoms with Gasteiger partial charge in [-0.2, -0.15) is 27.1 Å². The van der Waals surface area contributed by atoms with Crippen molar-refractivity contribution in [3.63, 3.8) is 0 Å². The first-order chi connectivity index (χ1) is 21.7. The summed E-state index contributed by atoms with van der Waals surface area (Å²) in [6.45, 7) is -4.35. The molecule has 13 nitrogen and oxygen atoms in total. The second kappa shape index (κ2) is 14.1. The van der Waals surface area contributed by atoms with E-state index >= 15 is 0 Å². The fraction of sp³-hybridized carbons (Fsp3) is 0.308. The van der Waals surface area contributed by atoms with Gasteiger partial charge in [-0.1, -0.05) is 6.07 Å². The maximum Gasteiger partial charge on any atom is 0.491 e. The van der Waals surface area contributed by atoms with Gasteiger partial charge in [0, 0.05) is 10.9 Å². The first kappa shape index (κ1) is 33.5. The molecule has 0 saturated carbocycles. The number of H-pyrrole nitrogens is 1. The molecule has 20 heteroatoms. The molecule has 0 radical (unpaired) electrons. The average Bonchev–Trinajstić information content (AvgIpc) is 3.46. The number of hydrogen-bond acceptors (Lipinski definition) is 10. The molecular weight excluding hydrogens is 639 g/mol. The number of aromatic nitrogens is 2. The second-order valence-corrected chi connectivity index (χ2v) is 9.48. The largest absolute Gasteiger partial charge is 0.491 e. The molecule has 2 amide bonds. The van der Waals surface area contributed by atoms with Crippen molar-refractivity contribution in [1.82, 2.24) is 26.1 Å². The Morgan fingerprint density at radius 3 is 2.54 bits per heavy atom. The molecule has 0 saturated heterocycles. The number of benzene rings is 2. The standard InChI is InChI=1S/C26H22F7N7O6/c27-13-7-35-25(36-8-13)39-17-3-12(4-18-14(17)9-37-40-18)22(43)34-10-20(41)38-16(6-21(42)46-23(44)26(31,32)33)11-1-2-15(28)19(5-11)45-24(29)30/h1-5,9,13,16,24H,6-8,10H2,(H,34,43)(H,37,40)(H,38,41)(H2,35,36,39)/t16-/m0/s1. The van der Waals surface area contributed by atoms with Crippen LogP contribution in [0.3, 0.4) is 0 Å². The minimum atomic E-state index is -5.53. The van der Waals surface area contributed by atoms with E-state index in [1.807, 2.05) is 0 Å². The number of ether oxygens (including phenoxy) is 2. The maximum atomic E-state index is 14.0. The van der Waals surface area contributed by atoms with Crippen molar-refractivity contribution in [2.24, 2.45) is 4.99 Å². The van der Waals surface area contributed by atoms with Crippen molar-refractivity contribution in [3.05, 3.63) is 53.5 Å². The van der Waals surface area contributed by atoms with E-state index in [0.717, 1.165) is 6.07 Å². The Morgan fingerprint density at radius 1 is 1.11 bits per heavy atom. The van der Waals surface area contributed by atoms with Crippen LogP contribution in [0.5, 0.6) is 5.75 Å². The van der Waals surface area contributed by atoms with Crippen molar-refractivity contribution in [2.75, 3.05) is 25.0 Å². The van der Waals surface area contributed by atoms with Gasteiger partial charge in [-0.3, -0.25) is 19.5 Å². The van der Waals surface area contributed by atoms with Crippen LogP contribution in [0.4, 0.5) is 36.4 Å². The van der Waals surface area contributed by atoms with Crippen molar-refractivity contribution in [2.45, 2.75) is 31.4 Å². The van der Waals surface area contributed by atoms with Gasteiger partial charge in [0.15, 0.2) is 17.5 Å². The molecule has 0 spiro atoms. The first-order valence-electron chi connectivity index (χ1n) is 13.0. The Kier molecular flexibility index (Phi) is 10.3. The lowest BCUT2D eigenvalue weighted by Gasteiger charge is -2.20. The Hall–Kier alpha value is -5.43. The summed E-state index contributed by atoms with van der Waals surface area (Å²) in [6, 6.07) is 3.30. The van der Waals surface area contributed by atoms with Gasteiger partial charge >= 0.3 is 24.7 Å². The summed E-state index contributed by atoms with van der Waals surface area (Å²) in [5.41, 5.74) is 0.441. The summed E-state index contributed by atoms with van der Waals surface area (Å²) in [5, 5.41) is 17.3. The van der Waals surface area contributed by atoms with Crippen LogP contribution in [0.1, 0.15) is 28.4 Å². The van der Waals surface area contributed by atoms with Crippen LogP contribution >= 0.6 is 0 Å². The van der Waals surface area contributed by atoms with Gasteiger partial charge < -0.3 is 30.7 Å². The van der Waals surface area contributed by atoms with Crippen LogP contribution < -0.4 is 26.0 Å². The van der Waals surface area contributed by atoms with E-state index in [1.165, 1.54) is 18.3 Å². The van der Waals surface area contributed by atoms with E-state index in [0.29, 0.717) is 28.7 Å². The van der Waals surface area contributed by atoms with Crippen LogP contribution in [-0.4, -0.2) is 78.5 Å². The summed E-state index contributed by atoms with van der Waals surface area (Å²) in [4.78, 5) is 52.9. The molecule has 1 aromatic heterocycles. The fourth-order valence-electron chi connectivity index (χ4n) is 4.07. The number of carbonyl (C=O) groups is 4. The molecule has 4 rings (SSSR count). The van der Waals surface area contributed by atoms with Gasteiger partial charge in [-0.15, -0.1) is 0 Å². The molecule has 1 aliphatic rings. The van der Waals surface area contributed by atoms with Crippen molar-refractivity contribution in [3.8, 4) is 5.75 Å². The number of esters is 2. The van der Waals surface area contributed by atoms with Gasteiger partial charge in [0.2, 0.25) is 5.91 Å². The maximum absolute atomic E-state index is 14.0. The number of fused-ring (bicyclic) bond motifs is 1. The van der Waals surface area contributed by atoms with E-state index in [2.05, 4.69) is 45.9 Å². The molecule has 1 unspecified atom stereocenters. The lowest BCUT2D eigenvalue weighted by molar-refractivity contribution is -0.202. The van der Waals surface area contributed by atoms with Crippen molar-refractivity contribution in [1.29, 1.82) is 0 Å². The van der Waals surface area contributed by atoms with Crippen LogP contribution in [0.25, 0.3) is 10.9 Å². The van der Waals surface area contributed by atoms with E-state index < -0.39 is 73.3 Å². The predicted octanol–water partition coefficient (Wildman–Crippen LogP) is 2.62. The topological polar surface area (TPSA) is 176 Å². The SMILES string of the molecule is O=C(CNC(=O)c1cc(NC2=NCC(F)CN2)c2cn[nH]c2c1)N[C@@H](CC(=O)OC(=O)C(F)(F)F)c1ccc(F)c(OC(F)F)c1. The zero-order chi connectivity index (χ0) is 33.6. The highest BCUT2D eigenvalue weighted by Gasteiger charge is 2.42. The molecule has 2 heterocycles. The number of hydrogen-bond donors (Lipinski definition) is 5. The lowest BCUT2D eigenvalue weighted by Crippen LogP contribution is -2.41. The van der Waals surface area contributed by atoms with Crippen molar-refractivity contribution >= 4 is 46.3 Å². The normalized spacial score (nSPS) is 15.4. The van der Waals surface area contributed by atoms with E-state index in [4.69, 9.17) is 0 Å². The lowest BCUT2D eigenvalue weighted by atomic mass is 10.0. The third-order valence-corrected chi connectivity index (χ3v) is 6.14. The zero-order valence-corrected chi connectivity index (χ0v) is 23.0. The smallest absolute Gasteiger partial charge is 0.432 e. The summed E-state index contributed by atoms with van der Waals surface area (Å²) in [5.74, 6) is -8.53. The molecule has 1 aliphatic heterocycles. The second-order valence-electron chi connectivity index (χ2n) is 9.48. The minimum Gasteiger partial charge on any atom is -0.432 e. The summed E-state index contributed by atoms with van der Waals surface area (Å²) in [6.07, 6.45) is -6.39. The van der Waals surface area contributed by atoms with Crippen LogP contribution in [0, 0.1) is 5.82 Å². The molecule has 0 aliphatic carbocycles. The van der Waals surface area contributed by atoms with Crippen molar-refractivity contribution < 1.29 is 59.4 Å². The summed E-state index contributed by atoms with van der Waals surface area (Å²) in [7, 11) is 0. The third-order valence-electron chi connectivity index (χ3n) is 6.14. The van der Waals surface area contributed by atoms with E-state index in [-0.39, 0.29) is 30.2 Å². The van der Waals surface area contributed by atoms with Gasteiger partial charge in [-0.05, 0) is 29.8 Å². The molecule has 2 aromatic carbocycles. The number of alkyl halides is 6. The highest BCUT2D eigenvalue weighted by Crippen LogP contribution is 2.28. The molecule has 0 fully saturated rings. The molecular formula is C26H22F7N7O6. The number of rotatable bonds is 10. The molecule has 246 valence electrons. The number of nitrogens with one attached hydrogen (secondary N) is 5. The number of guanidine groups is 1. The predicted molar refractivity (Wildman–Crippen MR) is 143 cm³/mol. The number of anilines is 1. The van der Waals surface area contributed by atoms with Gasteiger partial charge in [0.05, 0.1) is 49.5 Å². The van der Waals surface area contributed by atoms with E-state index in [9.17, 15) is 49.9 Å². The molecule has 5 N–H and O–H groups in total. The monoisotopic (exact) mass is 661 g/mol. The Bertz CT molecular complexity index is 1660. The summed E-state index contributed by atoms with van der Waals surface area (Å²) < 4.78 is 98.1. The molecule has 46 heavy (non-hydrogen) atoms. The Morgan fingerprint density at radius 2 is 1.87 bits per heavy atom. The summed E-state index contributed by atoms with van der Waals surface area (Å²) >= 11 is 0. The highest BCUT2D eigenvalue weighted by molar-refractivity contribution is 6.07. The minimum absolute atomic E-state index is 0.00458. The number of halogens is 7. The molecule has 0 bridgehead atoms.